The third-order valence-electron chi connectivity index (χ3n) is 3.64. The second-order valence-corrected chi connectivity index (χ2v) is 6.75. The highest BCUT2D eigenvalue weighted by molar-refractivity contribution is 6.51. The predicted molar refractivity (Wildman–Crippen MR) is 75.6 cm³/mol. The largest absolute Gasteiger partial charge is 0.435 e. The molecule has 0 aliphatic heterocycles. The van der Waals surface area contributed by atoms with Gasteiger partial charge in [-0.15, -0.1) is 23.2 Å². The molecule has 0 saturated heterocycles. The number of halogens is 5. The van der Waals surface area contributed by atoms with Gasteiger partial charge in [0.2, 0.25) is 0 Å². The number of aryl methyl sites for hydroxylation is 1. The zero-order valence-electron chi connectivity index (χ0n) is 10.9. The van der Waals surface area contributed by atoms with Crippen molar-refractivity contribution in [3.05, 3.63) is 41.2 Å². The summed E-state index contributed by atoms with van der Waals surface area (Å²) in [5.74, 6) is 0.0439. The van der Waals surface area contributed by atoms with Gasteiger partial charge in [-0.25, -0.2) is 0 Å². The molecule has 2 nitrogen and oxygen atoms in total. The first kappa shape index (κ1) is 14.7. The van der Waals surface area contributed by atoms with E-state index >= 15 is 0 Å². The van der Waals surface area contributed by atoms with Crippen LogP contribution >= 0.6 is 23.2 Å². The first-order valence-electron chi connectivity index (χ1n) is 6.30. The Hall–Kier alpha value is -1.20. The van der Waals surface area contributed by atoms with Gasteiger partial charge in [-0.05, 0) is 24.5 Å². The van der Waals surface area contributed by atoms with Gasteiger partial charge in [-0.3, -0.25) is 5.10 Å². The molecule has 1 heterocycles. The third kappa shape index (κ3) is 2.64. The quantitative estimate of drug-likeness (QED) is 0.763. The molecule has 3 rings (SSSR count). The topological polar surface area (TPSA) is 28.7 Å². The molecule has 1 saturated carbocycles. The first-order chi connectivity index (χ1) is 9.70. The van der Waals surface area contributed by atoms with Crippen molar-refractivity contribution in [1.82, 2.24) is 10.2 Å². The molecule has 1 aromatic carbocycles. The maximum atomic E-state index is 12.9. The van der Waals surface area contributed by atoms with Crippen molar-refractivity contribution in [3.8, 4) is 11.1 Å². The summed E-state index contributed by atoms with van der Waals surface area (Å²) in [7, 11) is 0. The number of H-pyrrole nitrogens is 1. The number of benzene rings is 1. The number of alkyl halides is 5. The molecule has 0 spiro atoms. The molecule has 1 fully saturated rings. The number of hydrogen-bond donors (Lipinski definition) is 1. The van der Waals surface area contributed by atoms with Crippen molar-refractivity contribution >= 4 is 23.2 Å². The zero-order valence-corrected chi connectivity index (χ0v) is 12.4. The Morgan fingerprint density at radius 1 is 1.24 bits per heavy atom. The molecule has 1 unspecified atom stereocenters. The van der Waals surface area contributed by atoms with Crippen LogP contribution in [0, 0.1) is 6.92 Å². The highest BCUT2D eigenvalue weighted by atomic mass is 35.5. The van der Waals surface area contributed by atoms with E-state index in [1.54, 1.807) is 31.2 Å². The smallest absolute Gasteiger partial charge is 0.282 e. The summed E-state index contributed by atoms with van der Waals surface area (Å²) in [6.07, 6.45) is -3.83. The van der Waals surface area contributed by atoms with E-state index in [1.165, 1.54) is 0 Å². The normalized spacial score (nSPS) is 20.6. The molecule has 0 bridgehead atoms. The van der Waals surface area contributed by atoms with E-state index in [9.17, 15) is 13.2 Å². The average molecular weight is 335 g/mol. The van der Waals surface area contributed by atoms with E-state index in [0.29, 0.717) is 17.7 Å². The van der Waals surface area contributed by atoms with Crippen molar-refractivity contribution in [2.45, 2.75) is 29.8 Å². The number of rotatable bonds is 2. The fourth-order valence-corrected chi connectivity index (χ4v) is 3.01. The van der Waals surface area contributed by atoms with E-state index < -0.39 is 16.2 Å². The van der Waals surface area contributed by atoms with Crippen LogP contribution in [0.25, 0.3) is 11.1 Å². The SMILES string of the molecule is Cc1[nH]nc(C(F)(F)F)c1-c1ccc(C2CC2(Cl)Cl)cc1. The monoisotopic (exact) mass is 334 g/mol. The van der Waals surface area contributed by atoms with Gasteiger partial charge >= 0.3 is 6.18 Å². The lowest BCUT2D eigenvalue weighted by molar-refractivity contribution is -0.140. The fourth-order valence-electron chi connectivity index (χ4n) is 2.44. The minimum atomic E-state index is -4.49. The predicted octanol–water partition coefficient (Wildman–Crippen LogP) is 5.07. The van der Waals surface area contributed by atoms with Gasteiger partial charge in [0.05, 0.1) is 0 Å². The summed E-state index contributed by atoms with van der Waals surface area (Å²) >= 11 is 12.0. The van der Waals surface area contributed by atoms with Crippen LogP contribution in [0.3, 0.4) is 0 Å². The van der Waals surface area contributed by atoms with Crippen LogP contribution in [0.4, 0.5) is 13.2 Å². The molecule has 0 amide bonds. The van der Waals surface area contributed by atoms with Gasteiger partial charge in [0.25, 0.3) is 0 Å². The molecule has 0 radical (unpaired) electrons. The number of nitrogens with one attached hydrogen (secondary N) is 1. The van der Waals surface area contributed by atoms with Crippen LogP contribution in [-0.4, -0.2) is 14.5 Å². The Kier molecular flexibility index (Phi) is 3.26. The lowest BCUT2D eigenvalue weighted by Gasteiger charge is -2.08. The number of hydrogen-bond acceptors (Lipinski definition) is 1. The Morgan fingerprint density at radius 3 is 2.29 bits per heavy atom. The maximum absolute atomic E-state index is 12.9. The Labute approximate surface area is 129 Å². The summed E-state index contributed by atoms with van der Waals surface area (Å²) in [5, 5.41) is 5.76. The summed E-state index contributed by atoms with van der Waals surface area (Å²) in [6, 6.07) is 6.81. The maximum Gasteiger partial charge on any atom is 0.435 e. The molecule has 21 heavy (non-hydrogen) atoms. The average Bonchev–Trinajstić information content (AvgIpc) is 2.83. The number of aromatic nitrogens is 2. The highest BCUT2D eigenvalue weighted by Gasteiger charge is 2.52. The van der Waals surface area contributed by atoms with Crippen molar-refractivity contribution in [2.75, 3.05) is 0 Å². The van der Waals surface area contributed by atoms with Gasteiger partial charge < -0.3 is 0 Å². The van der Waals surface area contributed by atoms with Crippen LogP contribution in [0.1, 0.15) is 29.3 Å². The van der Waals surface area contributed by atoms with E-state index in [-0.39, 0.29) is 11.5 Å². The first-order valence-corrected chi connectivity index (χ1v) is 7.06. The van der Waals surface area contributed by atoms with Gasteiger partial charge in [0.15, 0.2) is 5.69 Å². The summed E-state index contributed by atoms with van der Waals surface area (Å²) in [4.78, 5) is 0. The van der Waals surface area contributed by atoms with Crippen LogP contribution in [0.2, 0.25) is 0 Å². The fraction of sp³-hybridized carbons (Fsp3) is 0.357. The van der Waals surface area contributed by atoms with Crippen molar-refractivity contribution in [3.63, 3.8) is 0 Å². The lowest BCUT2D eigenvalue weighted by atomic mass is 10.0. The molecule has 7 heteroatoms. The molecular weight excluding hydrogens is 324 g/mol. The van der Waals surface area contributed by atoms with E-state index in [1.807, 2.05) is 0 Å². The Morgan fingerprint density at radius 2 is 1.81 bits per heavy atom. The summed E-state index contributed by atoms with van der Waals surface area (Å²) in [5.41, 5.74) is 0.952. The minimum absolute atomic E-state index is 0.0439. The molecule has 2 aromatic rings. The van der Waals surface area contributed by atoms with Crippen molar-refractivity contribution in [1.29, 1.82) is 0 Å². The second kappa shape index (κ2) is 4.65. The second-order valence-electron chi connectivity index (χ2n) is 5.21. The summed E-state index contributed by atoms with van der Waals surface area (Å²) < 4.78 is 38.1. The van der Waals surface area contributed by atoms with Crippen LogP contribution in [0.5, 0.6) is 0 Å². The van der Waals surface area contributed by atoms with Crippen LogP contribution in [0.15, 0.2) is 24.3 Å². The lowest BCUT2D eigenvalue weighted by Crippen LogP contribution is -2.07. The Bertz CT molecular complexity index is 675. The molecule has 1 aliphatic carbocycles. The summed E-state index contributed by atoms with van der Waals surface area (Å²) in [6.45, 7) is 1.56. The molecular formula is C14H11Cl2F3N2. The number of nitrogens with zero attached hydrogens (tertiary/aromatic N) is 1. The van der Waals surface area contributed by atoms with E-state index in [2.05, 4.69) is 10.2 Å². The Balaban J connectivity index is 1.97. The molecule has 1 atom stereocenters. The standard InChI is InChI=1S/C14H11Cl2F3N2/c1-7-11(12(21-20-7)14(17,18)19)9-4-2-8(3-5-9)10-6-13(10,15)16/h2-5,10H,6H2,1H3,(H,20,21). The van der Waals surface area contributed by atoms with E-state index in [4.69, 9.17) is 23.2 Å². The van der Waals surface area contributed by atoms with E-state index in [0.717, 1.165) is 5.56 Å². The van der Waals surface area contributed by atoms with Crippen molar-refractivity contribution < 1.29 is 13.2 Å². The molecule has 1 N–H and O–H groups in total. The molecule has 112 valence electrons. The number of aromatic amines is 1. The van der Waals surface area contributed by atoms with Gasteiger partial charge in [-0.2, -0.15) is 18.3 Å². The van der Waals surface area contributed by atoms with Crippen LogP contribution in [-0.2, 0) is 6.18 Å². The molecule has 1 aliphatic rings. The minimum Gasteiger partial charge on any atom is -0.282 e. The third-order valence-corrected chi connectivity index (χ3v) is 4.48. The molecule has 1 aromatic heterocycles. The van der Waals surface area contributed by atoms with Gasteiger partial charge in [-0.1, -0.05) is 24.3 Å². The zero-order chi connectivity index (χ0) is 15.4. The van der Waals surface area contributed by atoms with Crippen LogP contribution < -0.4 is 0 Å². The van der Waals surface area contributed by atoms with Crippen molar-refractivity contribution in [2.24, 2.45) is 0 Å². The van der Waals surface area contributed by atoms with Gasteiger partial charge in [0.1, 0.15) is 4.33 Å². The van der Waals surface area contributed by atoms with Gasteiger partial charge in [0, 0.05) is 17.2 Å². The highest BCUT2D eigenvalue weighted by Crippen LogP contribution is 2.59.